The number of rotatable bonds is 6. The summed E-state index contributed by atoms with van der Waals surface area (Å²) >= 11 is 3.30. The number of nitrogens with one attached hydrogen (secondary N) is 1. The molecule has 1 heterocycles. The van der Waals surface area contributed by atoms with Crippen molar-refractivity contribution in [3.05, 3.63) is 38.3 Å². The fraction of sp³-hybridized carbons (Fsp3) is 0.600. The number of nitro benzene ring substituents is 1. The van der Waals surface area contributed by atoms with Crippen molar-refractivity contribution in [2.24, 2.45) is 5.92 Å². The summed E-state index contributed by atoms with van der Waals surface area (Å²) in [6, 6.07) is 5.33. The normalized spacial score (nSPS) is 19.6. The molecule has 1 aromatic carbocycles. The lowest BCUT2D eigenvalue weighted by Gasteiger charge is -2.32. The molecule has 1 saturated heterocycles. The number of halogens is 1. The van der Waals surface area contributed by atoms with Crippen LogP contribution in [0.25, 0.3) is 0 Å². The Morgan fingerprint density at radius 2 is 2.33 bits per heavy atom. The molecule has 1 aliphatic heterocycles. The lowest BCUT2D eigenvalue weighted by atomic mass is 9.97. The molecule has 6 heteroatoms. The maximum absolute atomic E-state index is 11.2. The van der Waals surface area contributed by atoms with E-state index < -0.39 is 0 Å². The Morgan fingerprint density at radius 3 is 3.05 bits per heavy atom. The van der Waals surface area contributed by atoms with Crippen LogP contribution in [0.5, 0.6) is 0 Å². The predicted molar refractivity (Wildman–Crippen MR) is 87.3 cm³/mol. The third kappa shape index (κ3) is 4.76. The highest BCUT2D eigenvalue weighted by Gasteiger charge is 2.22. The van der Waals surface area contributed by atoms with Gasteiger partial charge in [0.25, 0.3) is 5.69 Å². The first-order chi connectivity index (χ1) is 10.1. The summed E-state index contributed by atoms with van der Waals surface area (Å²) in [5, 5.41) is 14.6. The van der Waals surface area contributed by atoms with Crippen molar-refractivity contribution in [2.75, 3.05) is 26.2 Å². The van der Waals surface area contributed by atoms with Gasteiger partial charge in [0, 0.05) is 29.2 Å². The van der Waals surface area contributed by atoms with E-state index >= 15 is 0 Å². The van der Waals surface area contributed by atoms with Gasteiger partial charge in [-0.05, 0) is 50.5 Å². The van der Waals surface area contributed by atoms with Crippen LogP contribution in [-0.4, -0.2) is 36.0 Å². The Kier molecular flexibility index (Phi) is 6.14. The SMILES string of the molecule is CCNCC1CCCN(Cc2ccc(Br)cc2[N+](=O)[O-])C1. The monoisotopic (exact) mass is 355 g/mol. The zero-order valence-electron chi connectivity index (χ0n) is 12.3. The predicted octanol–water partition coefficient (Wildman–Crippen LogP) is 3.18. The van der Waals surface area contributed by atoms with Crippen LogP contribution in [0.2, 0.25) is 0 Å². The van der Waals surface area contributed by atoms with Crippen LogP contribution >= 0.6 is 15.9 Å². The summed E-state index contributed by atoms with van der Waals surface area (Å²) in [4.78, 5) is 13.2. The Morgan fingerprint density at radius 1 is 1.52 bits per heavy atom. The van der Waals surface area contributed by atoms with E-state index in [0.29, 0.717) is 12.5 Å². The number of hydrogen-bond donors (Lipinski definition) is 1. The highest BCUT2D eigenvalue weighted by Crippen LogP contribution is 2.26. The van der Waals surface area contributed by atoms with Crippen LogP contribution in [0.3, 0.4) is 0 Å². The molecule has 0 amide bonds. The number of hydrogen-bond acceptors (Lipinski definition) is 4. The molecule has 116 valence electrons. The number of nitro groups is 1. The maximum atomic E-state index is 11.2. The van der Waals surface area contributed by atoms with Crippen LogP contribution in [0.15, 0.2) is 22.7 Å². The number of benzene rings is 1. The Labute approximate surface area is 134 Å². The fourth-order valence-electron chi connectivity index (χ4n) is 2.89. The molecule has 1 unspecified atom stereocenters. The van der Waals surface area contributed by atoms with Gasteiger partial charge in [0.15, 0.2) is 0 Å². The third-order valence-electron chi connectivity index (χ3n) is 3.92. The minimum Gasteiger partial charge on any atom is -0.317 e. The average Bonchev–Trinajstić information content (AvgIpc) is 2.47. The van der Waals surface area contributed by atoms with Crippen molar-refractivity contribution >= 4 is 21.6 Å². The highest BCUT2D eigenvalue weighted by atomic mass is 79.9. The van der Waals surface area contributed by atoms with E-state index in [1.807, 2.05) is 12.1 Å². The molecule has 1 fully saturated rings. The standard InChI is InChI=1S/C15H22BrN3O2/c1-2-17-9-12-4-3-7-18(10-12)11-13-5-6-14(16)8-15(13)19(20)21/h5-6,8,12,17H,2-4,7,9-11H2,1H3. The van der Waals surface area contributed by atoms with Gasteiger partial charge >= 0.3 is 0 Å². The molecule has 0 spiro atoms. The summed E-state index contributed by atoms with van der Waals surface area (Å²) in [6.07, 6.45) is 2.41. The molecule has 1 atom stereocenters. The van der Waals surface area contributed by atoms with Gasteiger partial charge in [-0.25, -0.2) is 0 Å². The van der Waals surface area contributed by atoms with E-state index in [9.17, 15) is 10.1 Å². The number of piperidine rings is 1. The lowest BCUT2D eigenvalue weighted by molar-refractivity contribution is -0.385. The van der Waals surface area contributed by atoms with Crippen molar-refractivity contribution in [1.82, 2.24) is 10.2 Å². The Balaban J connectivity index is 2.02. The van der Waals surface area contributed by atoms with Gasteiger partial charge in [-0.1, -0.05) is 22.9 Å². The van der Waals surface area contributed by atoms with Gasteiger partial charge < -0.3 is 5.32 Å². The second-order valence-corrected chi connectivity index (χ2v) is 6.50. The fourth-order valence-corrected chi connectivity index (χ4v) is 3.24. The average molecular weight is 356 g/mol. The Hall–Kier alpha value is -0.980. The van der Waals surface area contributed by atoms with Crippen LogP contribution in [0.4, 0.5) is 5.69 Å². The molecule has 1 N–H and O–H groups in total. The molecule has 0 saturated carbocycles. The summed E-state index contributed by atoms with van der Waals surface area (Å²) < 4.78 is 0.751. The molecular weight excluding hydrogens is 334 g/mol. The second-order valence-electron chi connectivity index (χ2n) is 5.58. The summed E-state index contributed by atoms with van der Waals surface area (Å²) in [5.41, 5.74) is 1.01. The first kappa shape index (κ1) is 16.4. The van der Waals surface area contributed by atoms with Gasteiger partial charge in [-0.3, -0.25) is 15.0 Å². The first-order valence-corrected chi connectivity index (χ1v) is 8.25. The zero-order valence-corrected chi connectivity index (χ0v) is 13.9. The highest BCUT2D eigenvalue weighted by molar-refractivity contribution is 9.10. The van der Waals surface area contributed by atoms with E-state index in [1.165, 1.54) is 12.8 Å². The van der Waals surface area contributed by atoms with Crippen LogP contribution in [0, 0.1) is 16.0 Å². The van der Waals surface area contributed by atoms with E-state index in [1.54, 1.807) is 6.07 Å². The van der Waals surface area contributed by atoms with Crippen molar-refractivity contribution < 1.29 is 4.92 Å². The van der Waals surface area contributed by atoms with Crippen LogP contribution < -0.4 is 5.32 Å². The third-order valence-corrected chi connectivity index (χ3v) is 4.42. The van der Waals surface area contributed by atoms with E-state index in [-0.39, 0.29) is 10.6 Å². The van der Waals surface area contributed by atoms with Crippen molar-refractivity contribution in [3.8, 4) is 0 Å². The molecule has 1 aliphatic rings. The molecular formula is C15H22BrN3O2. The topological polar surface area (TPSA) is 58.4 Å². The summed E-state index contributed by atoms with van der Waals surface area (Å²) in [7, 11) is 0. The lowest BCUT2D eigenvalue weighted by Crippen LogP contribution is -2.39. The van der Waals surface area contributed by atoms with Gasteiger partial charge in [0.2, 0.25) is 0 Å². The van der Waals surface area contributed by atoms with E-state index in [2.05, 4.69) is 33.1 Å². The van der Waals surface area contributed by atoms with Gasteiger partial charge in [-0.2, -0.15) is 0 Å². The molecule has 5 nitrogen and oxygen atoms in total. The van der Waals surface area contributed by atoms with Crippen molar-refractivity contribution in [2.45, 2.75) is 26.3 Å². The Bertz CT molecular complexity index is 496. The van der Waals surface area contributed by atoms with Crippen LogP contribution in [0.1, 0.15) is 25.3 Å². The molecule has 0 radical (unpaired) electrons. The number of likely N-dealkylation sites (tertiary alicyclic amines) is 1. The maximum Gasteiger partial charge on any atom is 0.275 e. The summed E-state index contributed by atoms with van der Waals surface area (Å²) in [5.74, 6) is 0.646. The molecule has 2 rings (SSSR count). The first-order valence-electron chi connectivity index (χ1n) is 7.46. The minimum absolute atomic E-state index is 0.207. The number of nitrogens with zero attached hydrogens (tertiary/aromatic N) is 2. The molecule has 0 bridgehead atoms. The zero-order chi connectivity index (χ0) is 15.2. The summed E-state index contributed by atoms with van der Waals surface area (Å²) in [6.45, 7) is 6.85. The molecule has 1 aromatic rings. The van der Waals surface area contributed by atoms with Gasteiger partial charge in [-0.15, -0.1) is 0 Å². The molecule has 21 heavy (non-hydrogen) atoms. The van der Waals surface area contributed by atoms with Crippen LogP contribution in [-0.2, 0) is 6.54 Å². The minimum atomic E-state index is -0.292. The van der Waals surface area contributed by atoms with Gasteiger partial charge in [0.05, 0.1) is 4.92 Å². The van der Waals surface area contributed by atoms with Crippen molar-refractivity contribution in [1.29, 1.82) is 0 Å². The van der Waals surface area contributed by atoms with Gasteiger partial charge in [0.1, 0.15) is 0 Å². The van der Waals surface area contributed by atoms with E-state index in [0.717, 1.165) is 36.2 Å². The van der Waals surface area contributed by atoms with E-state index in [4.69, 9.17) is 0 Å². The molecule has 0 aromatic heterocycles. The van der Waals surface area contributed by atoms with Crippen molar-refractivity contribution in [3.63, 3.8) is 0 Å². The second kappa shape index (κ2) is 7.87. The largest absolute Gasteiger partial charge is 0.317 e. The molecule has 0 aliphatic carbocycles. The smallest absolute Gasteiger partial charge is 0.275 e. The quantitative estimate of drug-likeness (QED) is 0.628.